The minimum Gasteiger partial charge on any atom is -0.464 e. The molecule has 6 nitrogen and oxygen atoms in total. The van der Waals surface area contributed by atoms with Crippen molar-refractivity contribution in [3.63, 3.8) is 0 Å². The first-order chi connectivity index (χ1) is 11.2. The average molecular weight is 348 g/mol. The molecule has 1 heterocycles. The molecule has 0 radical (unpaired) electrons. The Balaban J connectivity index is 1.83. The molecule has 1 aliphatic rings. The van der Waals surface area contributed by atoms with Crippen molar-refractivity contribution in [2.45, 2.75) is 37.0 Å². The molecule has 0 atom stereocenters. The molecule has 1 aromatic carbocycles. The Kier molecular flexibility index (Phi) is 4.01. The van der Waals surface area contributed by atoms with Crippen LogP contribution in [0.4, 0.5) is 0 Å². The Labute approximate surface area is 141 Å². The van der Waals surface area contributed by atoms with Crippen LogP contribution in [0.2, 0.25) is 0 Å². The smallest absolute Gasteiger partial charge is 0.256 e. The number of aryl methyl sites for hydroxylation is 2. The van der Waals surface area contributed by atoms with Crippen LogP contribution in [0.25, 0.3) is 0 Å². The van der Waals surface area contributed by atoms with Gasteiger partial charge in [0.2, 0.25) is 10.0 Å². The van der Waals surface area contributed by atoms with Crippen LogP contribution in [0.5, 0.6) is 0 Å². The molecule has 3 N–H and O–H groups in total. The number of hydrogen-bond donors (Lipinski definition) is 2. The first-order valence-electron chi connectivity index (χ1n) is 7.71. The zero-order valence-electron chi connectivity index (χ0n) is 13.6. The van der Waals surface area contributed by atoms with Crippen molar-refractivity contribution in [1.82, 2.24) is 5.32 Å². The maximum atomic E-state index is 12.6. The van der Waals surface area contributed by atoms with E-state index in [0.717, 1.165) is 12.8 Å². The normalized spacial score (nSPS) is 16.0. The Bertz CT molecular complexity index is 881. The number of amides is 1. The number of nitrogens with two attached hydrogens (primary N) is 1. The Morgan fingerprint density at radius 2 is 1.83 bits per heavy atom. The molecule has 0 spiro atoms. The maximum absolute atomic E-state index is 12.6. The fourth-order valence-corrected chi connectivity index (χ4v) is 4.08. The molecule has 0 saturated heterocycles. The van der Waals surface area contributed by atoms with Crippen LogP contribution in [0.15, 0.2) is 39.6 Å². The van der Waals surface area contributed by atoms with Crippen LogP contribution >= 0.6 is 0 Å². The molecule has 0 unspecified atom stereocenters. The maximum Gasteiger partial charge on any atom is 0.256 e. The van der Waals surface area contributed by atoms with Gasteiger partial charge in [-0.3, -0.25) is 4.79 Å². The molecule has 0 bridgehead atoms. The second kappa shape index (κ2) is 5.75. The fourth-order valence-electron chi connectivity index (χ4n) is 3.12. The number of hydrogen-bond acceptors (Lipinski definition) is 4. The summed E-state index contributed by atoms with van der Waals surface area (Å²) in [6.45, 7) is 3.49. The van der Waals surface area contributed by atoms with E-state index in [9.17, 15) is 13.2 Å². The van der Waals surface area contributed by atoms with E-state index < -0.39 is 15.9 Å². The standard InChI is InChI=1S/C17H20N2O4S/c1-11-14(15(12(2)23-11)24(18,21)22)16(20)19-10-17(8-9-17)13-6-4-3-5-7-13/h3-7H,8-10H2,1-2H3,(H,19,20)(H2,18,21,22). The van der Waals surface area contributed by atoms with Gasteiger partial charge in [-0.2, -0.15) is 0 Å². The molecule has 24 heavy (non-hydrogen) atoms. The second-order valence-electron chi connectivity index (χ2n) is 6.29. The Morgan fingerprint density at radius 3 is 2.38 bits per heavy atom. The number of benzene rings is 1. The summed E-state index contributed by atoms with van der Waals surface area (Å²) in [5.41, 5.74) is 1.11. The van der Waals surface area contributed by atoms with Crippen molar-refractivity contribution in [1.29, 1.82) is 0 Å². The summed E-state index contributed by atoms with van der Waals surface area (Å²) in [7, 11) is -4.03. The van der Waals surface area contributed by atoms with Gasteiger partial charge < -0.3 is 9.73 Å². The molecule has 1 amide bonds. The first-order valence-corrected chi connectivity index (χ1v) is 9.26. The van der Waals surface area contributed by atoms with Gasteiger partial charge in [-0.25, -0.2) is 13.6 Å². The third kappa shape index (κ3) is 2.97. The van der Waals surface area contributed by atoms with Gasteiger partial charge in [-0.1, -0.05) is 30.3 Å². The van der Waals surface area contributed by atoms with Crippen LogP contribution in [0.1, 0.15) is 40.3 Å². The van der Waals surface area contributed by atoms with E-state index in [-0.39, 0.29) is 27.4 Å². The largest absolute Gasteiger partial charge is 0.464 e. The number of nitrogens with one attached hydrogen (secondary N) is 1. The second-order valence-corrected chi connectivity index (χ2v) is 7.79. The summed E-state index contributed by atoms with van der Waals surface area (Å²) in [4.78, 5) is 12.3. The van der Waals surface area contributed by atoms with Crippen LogP contribution in [-0.2, 0) is 15.4 Å². The van der Waals surface area contributed by atoms with Gasteiger partial charge in [0.25, 0.3) is 5.91 Å². The minimum absolute atomic E-state index is 0.00105. The molecule has 3 rings (SSSR count). The van der Waals surface area contributed by atoms with E-state index in [2.05, 4.69) is 5.32 Å². The predicted molar refractivity (Wildman–Crippen MR) is 89.2 cm³/mol. The highest BCUT2D eigenvalue weighted by Gasteiger charge is 2.44. The molecular formula is C17H20N2O4S. The van der Waals surface area contributed by atoms with Crippen molar-refractivity contribution >= 4 is 15.9 Å². The Morgan fingerprint density at radius 1 is 1.21 bits per heavy atom. The molecule has 1 fully saturated rings. The van der Waals surface area contributed by atoms with Crippen molar-refractivity contribution in [2.24, 2.45) is 5.14 Å². The number of sulfonamides is 1. The first kappa shape index (κ1) is 16.7. The number of carbonyl (C=O) groups is 1. The van der Waals surface area contributed by atoms with Gasteiger partial charge in [0, 0.05) is 12.0 Å². The SMILES string of the molecule is Cc1oc(C)c(S(N)(=O)=O)c1C(=O)NCC1(c2ccccc2)CC1. The molecule has 1 aromatic heterocycles. The zero-order valence-corrected chi connectivity index (χ0v) is 14.4. The molecule has 2 aromatic rings. The lowest BCUT2D eigenvalue weighted by atomic mass is 9.96. The van der Waals surface area contributed by atoms with Gasteiger partial charge in [-0.05, 0) is 32.3 Å². The molecule has 1 aliphatic carbocycles. The van der Waals surface area contributed by atoms with E-state index in [4.69, 9.17) is 9.56 Å². The molecule has 128 valence electrons. The van der Waals surface area contributed by atoms with Crippen LogP contribution < -0.4 is 10.5 Å². The van der Waals surface area contributed by atoms with Crippen molar-refractivity contribution in [3.8, 4) is 0 Å². The van der Waals surface area contributed by atoms with E-state index in [1.165, 1.54) is 12.5 Å². The van der Waals surface area contributed by atoms with E-state index in [1.54, 1.807) is 6.92 Å². The quantitative estimate of drug-likeness (QED) is 0.862. The predicted octanol–water partition coefficient (Wildman–Crippen LogP) is 2.01. The van der Waals surface area contributed by atoms with Gasteiger partial charge in [0.1, 0.15) is 22.0 Å². The van der Waals surface area contributed by atoms with Crippen LogP contribution in [0.3, 0.4) is 0 Å². The average Bonchev–Trinajstić information content (AvgIpc) is 3.24. The van der Waals surface area contributed by atoms with Crippen LogP contribution in [0, 0.1) is 13.8 Å². The molecule has 1 saturated carbocycles. The van der Waals surface area contributed by atoms with Gasteiger partial charge in [0.05, 0.1) is 0 Å². The summed E-state index contributed by atoms with van der Waals surface area (Å²) in [5.74, 6) is -0.0986. The Hall–Kier alpha value is -2.12. The highest BCUT2D eigenvalue weighted by molar-refractivity contribution is 7.89. The summed E-state index contributed by atoms with van der Waals surface area (Å²) < 4.78 is 28.8. The minimum atomic E-state index is -4.03. The number of rotatable bonds is 5. The molecule has 7 heteroatoms. The fraction of sp³-hybridized carbons (Fsp3) is 0.353. The summed E-state index contributed by atoms with van der Waals surface area (Å²) in [6.07, 6.45) is 1.98. The topological polar surface area (TPSA) is 102 Å². The van der Waals surface area contributed by atoms with Gasteiger partial charge in [-0.15, -0.1) is 0 Å². The summed E-state index contributed by atoms with van der Waals surface area (Å²) >= 11 is 0. The van der Waals surface area contributed by atoms with Gasteiger partial charge in [0.15, 0.2) is 0 Å². The lowest BCUT2D eigenvalue weighted by Crippen LogP contribution is -2.33. The molecular weight excluding hydrogens is 328 g/mol. The van der Waals surface area contributed by atoms with Crippen molar-refractivity contribution in [3.05, 3.63) is 53.0 Å². The van der Waals surface area contributed by atoms with Crippen LogP contribution in [-0.4, -0.2) is 20.9 Å². The van der Waals surface area contributed by atoms with E-state index >= 15 is 0 Å². The third-order valence-electron chi connectivity index (χ3n) is 4.54. The summed E-state index contributed by atoms with van der Waals surface area (Å²) in [6, 6.07) is 9.98. The number of primary sulfonamides is 1. The number of carbonyl (C=O) groups excluding carboxylic acids is 1. The monoisotopic (exact) mass is 348 g/mol. The summed E-state index contributed by atoms with van der Waals surface area (Å²) in [5, 5.41) is 8.08. The lowest BCUT2D eigenvalue weighted by Gasteiger charge is -2.16. The highest BCUT2D eigenvalue weighted by Crippen LogP contribution is 2.47. The zero-order chi connectivity index (χ0) is 17.5. The highest BCUT2D eigenvalue weighted by atomic mass is 32.2. The van der Waals surface area contributed by atoms with E-state index in [1.807, 2.05) is 30.3 Å². The van der Waals surface area contributed by atoms with Crippen molar-refractivity contribution in [2.75, 3.05) is 6.54 Å². The van der Waals surface area contributed by atoms with E-state index in [0.29, 0.717) is 6.54 Å². The molecule has 0 aliphatic heterocycles. The van der Waals surface area contributed by atoms with Gasteiger partial charge >= 0.3 is 0 Å². The lowest BCUT2D eigenvalue weighted by molar-refractivity contribution is 0.0945. The third-order valence-corrected chi connectivity index (χ3v) is 5.60. The number of furan rings is 1. The van der Waals surface area contributed by atoms with Crippen molar-refractivity contribution < 1.29 is 17.6 Å².